The van der Waals surface area contributed by atoms with E-state index in [1.54, 1.807) is 0 Å². The van der Waals surface area contributed by atoms with E-state index in [-0.39, 0.29) is 0 Å². The summed E-state index contributed by atoms with van der Waals surface area (Å²) >= 11 is 0. The number of rotatable bonds is 7. The van der Waals surface area contributed by atoms with Gasteiger partial charge in [-0.25, -0.2) is 4.79 Å². The molecule has 0 saturated heterocycles. The maximum absolute atomic E-state index is 9.53. The molecule has 0 aromatic heterocycles. The van der Waals surface area contributed by atoms with Crippen molar-refractivity contribution in [2.24, 2.45) is 0 Å². The van der Waals surface area contributed by atoms with Crippen LogP contribution in [-0.4, -0.2) is 30.2 Å². The molecular weight excluding hydrogens is 264 g/mol. The number of aliphatic carboxylic acids is 2. The molecule has 20 heavy (non-hydrogen) atoms. The van der Waals surface area contributed by atoms with Crippen LogP contribution in [0.2, 0.25) is 0 Å². The van der Waals surface area contributed by atoms with E-state index in [1.807, 2.05) is 30.3 Å². The summed E-state index contributed by atoms with van der Waals surface area (Å²) in [5.41, 5.74) is 2.82. The fourth-order valence-corrected chi connectivity index (χ4v) is 1.04. The SMILES string of the molecule is O=C([O-])/C=C\C(=O)O.[NH3+]NCCCOc1ccccc1. The second-order valence-electron chi connectivity index (χ2n) is 3.51. The van der Waals surface area contributed by atoms with E-state index in [0.717, 1.165) is 25.3 Å². The van der Waals surface area contributed by atoms with E-state index in [2.05, 4.69) is 11.3 Å². The van der Waals surface area contributed by atoms with E-state index >= 15 is 0 Å². The Hall–Kier alpha value is -2.38. The third kappa shape index (κ3) is 12.1. The first-order chi connectivity index (χ1) is 9.56. The molecule has 0 heterocycles. The van der Waals surface area contributed by atoms with E-state index in [9.17, 15) is 14.7 Å². The third-order valence-corrected chi connectivity index (χ3v) is 1.87. The molecule has 7 heteroatoms. The van der Waals surface area contributed by atoms with Gasteiger partial charge in [0.25, 0.3) is 0 Å². The minimum absolute atomic E-state index is 0.447. The fraction of sp³-hybridized carbons (Fsp3) is 0.231. The van der Waals surface area contributed by atoms with Gasteiger partial charge in [0.15, 0.2) is 0 Å². The first-order valence-electron chi connectivity index (χ1n) is 5.86. The number of ether oxygens (including phenoxy) is 1. The Bertz CT molecular complexity index is 404. The highest BCUT2D eigenvalue weighted by molar-refractivity contribution is 5.88. The molecule has 1 aromatic carbocycles. The molecule has 0 unspecified atom stereocenters. The number of carbonyl (C=O) groups is 2. The van der Waals surface area contributed by atoms with Gasteiger partial charge in [0, 0.05) is 12.6 Å². The van der Waals surface area contributed by atoms with E-state index in [4.69, 9.17) is 9.84 Å². The molecule has 0 aliphatic rings. The molecule has 7 nitrogen and oxygen atoms in total. The summed E-state index contributed by atoms with van der Waals surface area (Å²) in [5, 5.41) is 17.2. The largest absolute Gasteiger partial charge is 0.545 e. The lowest BCUT2D eigenvalue weighted by Gasteiger charge is -2.03. The van der Waals surface area contributed by atoms with Crippen LogP contribution in [0.5, 0.6) is 5.75 Å². The van der Waals surface area contributed by atoms with Gasteiger partial charge in [-0.3, -0.25) is 5.84 Å². The van der Waals surface area contributed by atoms with Crippen molar-refractivity contribution < 1.29 is 30.4 Å². The number of carboxylic acid groups (broad SMARTS) is 2. The van der Waals surface area contributed by atoms with Gasteiger partial charge in [-0.2, -0.15) is 5.43 Å². The van der Waals surface area contributed by atoms with E-state index in [1.165, 1.54) is 0 Å². The van der Waals surface area contributed by atoms with Crippen molar-refractivity contribution in [3.8, 4) is 5.75 Å². The number of carboxylic acids is 2. The second kappa shape index (κ2) is 11.7. The molecule has 0 aliphatic carbocycles. The van der Waals surface area contributed by atoms with Crippen LogP contribution in [0.4, 0.5) is 0 Å². The van der Waals surface area contributed by atoms with Crippen LogP contribution in [0.25, 0.3) is 0 Å². The predicted octanol–water partition coefficient (Wildman–Crippen LogP) is -1.42. The van der Waals surface area contributed by atoms with Crippen molar-refractivity contribution in [2.45, 2.75) is 6.42 Å². The highest BCUT2D eigenvalue weighted by atomic mass is 16.5. The highest BCUT2D eigenvalue weighted by Crippen LogP contribution is 2.07. The monoisotopic (exact) mass is 282 g/mol. The molecule has 0 aliphatic heterocycles. The number of hydrogen-bond acceptors (Lipinski definition) is 5. The Kier molecular flexibility index (Phi) is 10.3. The smallest absolute Gasteiger partial charge is 0.328 e. The van der Waals surface area contributed by atoms with Gasteiger partial charge in [-0.1, -0.05) is 18.2 Å². The van der Waals surface area contributed by atoms with Crippen molar-refractivity contribution in [2.75, 3.05) is 13.2 Å². The fourth-order valence-electron chi connectivity index (χ4n) is 1.04. The maximum atomic E-state index is 9.53. The summed E-state index contributed by atoms with van der Waals surface area (Å²) < 4.78 is 5.44. The molecule has 0 fully saturated rings. The van der Waals surface area contributed by atoms with Crippen molar-refractivity contribution in [3.05, 3.63) is 42.5 Å². The molecule has 0 saturated carbocycles. The molecule has 0 atom stereocenters. The Labute approximate surface area is 116 Å². The zero-order valence-electron chi connectivity index (χ0n) is 11.0. The van der Waals surface area contributed by atoms with Gasteiger partial charge in [-0.05, 0) is 24.6 Å². The van der Waals surface area contributed by atoms with Crippen molar-refractivity contribution in [1.82, 2.24) is 5.43 Å². The number of benzene rings is 1. The quantitative estimate of drug-likeness (QED) is 0.320. The van der Waals surface area contributed by atoms with Crippen LogP contribution in [0.15, 0.2) is 42.5 Å². The lowest BCUT2D eigenvalue weighted by Crippen LogP contribution is -2.65. The van der Waals surface area contributed by atoms with Crippen molar-refractivity contribution in [3.63, 3.8) is 0 Å². The Morgan fingerprint density at radius 2 is 1.95 bits per heavy atom. The normalized spacial score (nSPS) is 9.65. The van der Waals surface area contributed by atoms with Crippen LogP contribution in [-0.2, 0) is 9.59 Å². The number of carbonyl (C=O) groups excluding carboxylic acids is 1. The Balaban J connectivity index is 0.000000396. The van der Waals surface area contributed by atoms with Crippen LogP contribution < -0.4 is 21.1 Å². The number of para-hydroxylation sites is 1. The van der Waals surface area contributed by atoms with Crippen LogP contribution in [0.3, 0.4) is 0 Å². The highest BCUT2D eigenvalue weighted by Gasteiger charge is 1.90. The van der Waals surface area contributed by atoms with Gasteiger partial charge in [-0.15, -0.1) is 0 Å². The number of nitrogens with one attached hydrogen (secondary N) is 1. The summed E-state index contributed by atoms with van der Waals surface area (Å²) in [7, 11) is 0. The summed E-state index contributed by atoms with van der Waals surface area (Å²) in [6.45, 7) is 1.64. The van der Waals surface area contributed by atoms with Gasteiger partial charge >= 0.3 is 5.97 Å². The van der Waals surface area contributed by atoms with Crippen LogP contribution >= 0.6 is 0 Å². The topological polar surface area (TPSA) is 126 Å². The first kappa shape index (κ1) is 17.6. The standard InChI is InChI=1S/C9H14N2O.C4H4O4/c10-11-7-4-8-12-9-5-2-1-3-6-9;5-3(6)1-2-4(7)8/h1-3,5-6,11H,4,7-8,10H2;1-2H,(H,5,6)(H,7,8)/b;2-1-. The zero-order valence-corrected chi connectivity index (χ0v) is 11.0. The molecule has 0 amide bonds. The van der Waals surface area contributed by atoms with Crippen molar-refractivity contribution in [1.29, 1.82) is 0 Å². The average Bonchev–Trinajstić information content (AvgIpc) is 2.43. The van der Waals surface area contributed by atoms with E-state index in [0.29, 0.717) is 12.2 Å². The molecule has 110 valence electrons. The lowest BCUT2D eigenvalue weighted by atomic mass is 10.3. The molecule has 1 rings (SSSR count). The van der Waals surface area contributed by atoms with Crippen molar-refractivity contribution >= 4 is 11.9 Å². The Morgan fingerprint density at radius 1 is 1.30 bits per heavy atom. The van der Waals surface area contributed by atoms with Gasteiger partial charge in [0.1, 0.15) is 5.75 Å². The molecule has 5 N–H and O–H groups in total. The number of quaternary nitrogens is 1. The summed E-state index contributed by atoms with van der Waals surface area (Å²) in [6, 6.07) is 9.82. The van der Waals surface area contributed by atoms with Crippen LogP contribution in [0, 0.1) is 0 Å². The maximum Gasteiger partial charge on any atom is 0.328 e. The van der Waals surface area contributed by atoms with Crippen LogP contribution in [0.1, 0.15) is 6.42 Å². The summed E-state index contributed by atoms with van der Waals surface area (Å²) in [5.74, 6) is 1.65. The second-order valence-corrected chi connectivity index (χ2v) is 3.51. The minimum atomic E-state index is -1.51. The Morgan fingerprint density at radius 3 is 2.40 bits per heavy atom. The van der Waals surface area contributed by atoms with Gasteiger partial charge < -0.3 is 19.7 Å². The first-order valence-corrected chi connectivity index (χ1v) is 5.86. The minimum Gasteiger partial charge on any atom is -0.545 e. The molecule has 0 bridgehead atoms. The third-order valence-electron chi connectivity index (χ3n) is 1.87. The molecule has 1 aromatic rings. The molecule has 0 radical (unpaired) electrons. The van der Waals surface area contributed by atoms with E-state index < -0.39 is 11.9 Å². The zero-order chi connectivity index (χ0) is 15.2. The molecule has 0 spiro atoms. The summed E-state index contributed by atoms with van der Waals surface area (Å²) in [4.78, 5) is 19.0. The average molecular weight is 282 g/mol. The van der Waals surface area contributed by atoms with Gasteiger partial charge in [0.2, 0.25) is 0 Å². The summed E-state index contributed by atoms with van der Waals surface area (Å²) in [6.07, 6.45) is 1.93. The van der Waals surface area contributed by atoms with Gasteiger partial charge in [0.05, 0.1) is 12.6 Å². The predicted molar refractivity (Wildman–Crippen MR) is 69.2 cm³/mol. The number of hydrogen-bond donors (Lipinski definition) is 3. The molecular formula is C13H18N2O5. The lowest BCUT2D eigenvalue weighted by molar-refractivity contribution is -0.442.